The lowest BCUT2D eigenvalue weighted by Crippen LogP contribution is -2.29. The van der Waals surface area contributed by atoms with Crippen LogP contribution in [0.1, 0.15) is 25.8 Å². The SMILES string of the molecule is Cc1ccc(O)c(N)c1NC1=CS(=O)(=O)CC(C)(C)C1. The molecular weight excluding hydrogens is 276 g/mol. The first-order valence-electron chi connectivity index (χ1n) is 6.38. The second-order valence-electron chi connectivity index (χ2n) is 6.11. The van der Waals surface area contributed by atoms with E-state index < -0.39 is 9.84 Å². The molecule has 0 aromatic heterocycles. The van der Waals surface area contributed by atoms with Crippen LogP contribution >= 0.6 is 0 Å². The smallest absolute Gasteiger partial charge is 0.173 e. The fourth-order valence-corrected chi connectivity index (χ4v) is 4.38. The number of sulfone groups is 1. The van der Waals surface area contributed by atoms with E-state index >= 15 is 0 Å². The molecule has 0 saturated heterocycles. The van der Waals surface area contributed by atoms with Crippen LogP contribution < -0.4 is 11.1 Å². The summed E-state index contributed by atoms with van der Waals surface area (Å²) in [6.07, 6.45) is 0.612. The van der Waals surface area contributed by atoms with Crippen molar-refractivity contribution in [1.29, 1.82) is 0 Å². The molecule has 4 N–H and O–H groups in total. The highest BCUT2D eigenvalue weighted by molar-refractivity contribution is 7.94. The van der Waals surface area contributed by atoms with Gasteiger partial charge in [-0.25, -0.2) is 8.42 Å². The number of phenols is 1. The lowest BCUT2D eigenvalue weighted by Gasteiger charge is -2.30. The summed E-state index contributed by atoms with van der Waals surface area (Å²) in [6, 6.07) is 3.25. The molecule has 110 valence electrons. The number of anilines is 2. The van der Waals surface area contributed by atoms with Gasteiger partial charge in [0.15, 0.2) is 9.84 Å². The highest BCUT2D eigenvalue weighted by atomic mass is 32.2. The fourth-order valence-electron chi connectivity index (χ4n) is 2.53. The molecular formula is C14H20N2O3S. The highest BCUT2D eigenvalue weighted by Gasteiger charge is 2.31. The Kier molecular flexibility index (Phi) is 3.46. The minimum Gasteiger partial charge on any atom is -0.506 e. The van der Waals surface area contributed by atoms with Crippen LogP contribution in [0.4, 0.5) is 11.4 Å². The van der Waals surface area contributed by atoms with E-state index in [-0.39, 0.29) is 22.6 Å². The van der Waals surface area contributed by atoms with Crippen molar-refractivity contribution in [3.8, 4) is 5.75 Å². The van der Waals surface area contributed by atoms with Crippen molar-refractivity contribution < 1.29 is 13.5 Å². The van der Waals surface area contributed by atoms with E-state index in [2.05, 4.69) is 5.32 Å². The zero-order valence-corrected chi connectivity index (χ0v) is 12.7. The van der Waals surface area contributed by atoms with E-state index in [1.54, 1.807) is 6.07 Å². The maximum atomic E-state index is 11.9. The Morgan fingerprint density at radius 3 is 2.60 bits per heavy atom. The van der Waals surface area contributed by atoms with Gasteiger partial charge in [0, 0.05) is 11.1 Å². The van der Waals surface area contributed by atoms with E-state index in [4.69, 9.17) is 5.73 Å². The molecule has 2 rings (SSSR count). The van der Waals surface area contributed by atoms with Gasteiger partial charge in [0.1, 0.15) is 5.75 Å². The van der Waals surface area contributed by atoms with Gasteiger partial charge in [-0.1, -0.05) is 19.9 Å². The van der Waals surface area contributed by atoms with Gasteiger partial charge in [-0.15, -0.1) is 0 Å². The molecule has 1 aliphatic heterocycles. The van der Waals surface area contributed by atoms with Crippen molar-refractivity contribution >= 4 is 21.2 Å². The van der Waals surface area contributed by atoms with Gasteiger partial charge in [0.25, 0.3) is 0 Å². The lowest BCUT2D eigenvalue weighted by molar-refractivity contribution is 0.405. The van der Waals surface area contributed by atoms with Crippen LogP contribution in [0.25, 0.3) is 0 Å². The number of aryl methyl sites for hydroxylation is 1. The van der Waals surface area contributed by atoms with Crippen molar-refractivity contribution in [3.05, 3.63) is 28.8 Å². The molecule has 0 amide bonds. The summed E-state index contributed by atoms with van der Waals surface area (Å²) in [7, 11) is -3.22. The van der Waals surface area contributed by atoms with Crippen LogP contribution in [-0.4, -0.2) is 19.3 Å². The van der Waals surface area contributed by atoms with Crippen molar-refractivity contribution in [3.63, 3.8) is 0 Å². The number of nitrogen functional groups attached to an aromatic ring is 1. The highest BCUT2D eigenvalue weighted by Crippen LogP contribution is 2.37. The van der Waals surface area contributed by atoms with Crippen molar-refractivity contribution in [1.82, 2.24) is 0 Å². The molecule has 20 heavy (non-hydrogen) atoms. The molecule has 1 heterocycles. The first-order valence-corrected chi connectivity index (χ1v) is 8.10. The number of phenolic OH excluding ortho intramolecular Hbond substituents is 1. The number of hydrogen-bond donors (Lipinski definition) is 3. The summed E-state index contributed by atoms with van der Waals surface area (Å²) in [5, 5.41) is 14.0. The quantitative estimate of drug-likeness (QED) is 0.575. The minimum absolute atomic E-state index is 0.0170. The van der Waals surface area contributed by atoms with Crippen molar-refractivity contribution in [2.45, 2.75) is 27.2 Å². The van der Waals surface area contributed by atoms with Gasteiger partial charge in [0.05, 0.1) is 17.1 Å². The standard InChI is InChI=1S/C14H20N2O3S/c1-9-4-5-11(17)12(15)13(9)16-10-6-14(2,3)8-20(18,19)7-10/h4-5,7,16-17H,6,8,15H2,1-3H3. The van der Waals surface area contributed by atoms with Crippen molar-refractivity contribution in [2.24, 2.45) is 5.41 Å². The van der Waals surface area contributed by atoms with Crippen LogP contribution in [0.5, 0.6) is 5.75 Å². The molecule has 1 aliphatic rings. The molecule has 0 atom stereocenters. The lowest BCUT2D eigenvalue weighted by atomic mass is 9.90. The van der Waals surface area contributed by atoms with E-state index in [1.165, 1.54) is 11.5 Å². The number of rotatable bonds is 2. The van der Waals surface area contributed by atoms with Gasteiger partial charge in [-0.05, 0) is 30.4 Å². The second kappa shape index (κ2) is 4.70. The van der Waals surface area contributed by atoms with Gasteiger partial charge >= 0.3 is 0 Å². The van der Waals surface area contributed by atoms with Crippen molar-refractivity contribution in [2.75, 3.05) is 16.8 Å². The number of nitrogens with one attached hydrogen (secondary N) is 1. The van der Waals surface area contributed by atoms with Gasteiger partial charge < -0.3 is 16.2 Å². The summed E-state index contributed by atoms with van der Waals surface area (Å²) < 4.78 is 23.8. The Morgan fingerprint density at radius 2 is 2.00 bits per heavy atom. The van der Waals surface area contributed by atoms with E-state index in [0.29, 0.717) is 17.8 Å². The van der Waals surface area contributed by atoms with E-state index in [0.717, 1.165) is 5.56 Å². The zero-order chi connectivity index (χ0) is 15.1. The van der Waals surface area contributed by atoms with E-state index in [9.17, 15) is 13.5 Å². The average Bonchev–Trinajstić information content (AvgIpc) is 2.25. The molecule has 0 bridgehead atoms. The Balaban J connectivity index is 2.40. The van der Waals surface area contributed by atoms with E-state index in [1.807, 2.05) is 20.8 Å². The molecule has 5 nitrogen and oxygen atoms in total. The van der Waals surface area contributed by atoms with Gasteiger partial charge in [0.2, 0.25) is 0 Å². The summed E-state index contributed by atoms with van der Waals surface area (Å²) >= 11 is 0. The Labute approximate surface area is 119 Å². The molecule has 0 fully saturated rings. The van der Waals surface area contributed by atoms with Crippen LogP contribution in [-0.2, 0) is 9.84 Å². The number of benzene rings is 1. The molecule has 1 aromatic carbocycles. The third-order valence-electron chi connectivity index (χ3n) is 3.30. The first-order chi connectivity index (χ1) is 9.10. The van der Waals surface area contributed by atoms with Crippen LogP contribution in [0.3, 0.4) is 0 Å². The summed E-state index contributed by atoms with van der Waals surface area (Å²) in [4.78, 5) is 0. The molecule has 6 heteroatoms. The predicted octanol–water partition coefficient (Wildman–Crippen LogP) is 2.38. The normalized spacial score (nSPS) is 20.2. The molecule has 0 radical (unpaired) electrons. The first kappa shape index (κ1) is 14.7. The molecule has 0 aliphatic carbocycles. The van der Waals surface area contributed by atoms with Gasteiger partial charge in [-0.3, -0.25) is 0 Å². The molecule has 0 spiro atoms. The summed E-state index contributed by atoms with van der Waals surface area (Å²) in [5.74, 6) is 0.122. The number of allylic oxidation sites excluding steroid dienone is 1. The van der Waals surface area contributed by atoms with Gasteiger partial charge in [-0.2, -0.15) is 0 Å². The maximum Gasteiger partial charge on any atom is 0.173 e. The fraction of sp³-hybridized carbons (Fsp3) is 0.429. The summed E-state index contributed by atoms with van der Waals surface area (Å²) in [5.41, 5.74) is 7.76. The van der Waals surface area contributed by atoms with Crippen LogP contribution in [0.2, 0.25) is 0 Å². The minimum atomic E-state index is -3.22. The molecule has 0 saturated carbocycles. The zero-order valence-electron chi connectivity index (χ0n) is 11.9. The Bertz CT molecular complexity index is 676. The number of nitrogens with two attached hydrogens (primary N) is 1. The second-order valence-corrected chi connectivity index (χ2v) is 7.96. The maximum absolute atomic E-state index is 11.9. The molecule has 1 aromatic rings. The third kappa shape index (κ3) is 3.07. The molecule has 0 unspecified atom stereocenters. The third-order valence-corrected chi connectivity index (χ3v) is 5.13. The predicted molar refractivity (Wildman–Crippen MR) is 81.1 cm³/mol. The van der Waals surface area contributed by atoms with Crippen LogP contribution in [0.15, 0.2) is 23.2 Å². The average molecular weight is 296 g/mol. The Hall–Kier alpha value is -1.69. The summed E-state index contributed by atoms with van der Waals surface area (Å²) in [6.45, 7) is 5.68. The van der Waals surface area contributed by atoms with Crippen LogP contribution in [0, 0.1) is 12.3 Å². The number of hydrogen-bond acceptors (Lipinski definition) is 5. The topological polar surface area (TPSA) is 92.4 Å². The Morgan fingerprint density at radius 1 is 1.35 bits per heavy atom. The largest absolute Gasteiger partial charge is 0.506 e. The number of aromatic hydroxyl groups is 1. The monoisotopic (exact) mass is 296 g/mol.